The summed E-state index contributed by atoms with van der Waals surface area (Å²) in [5.41, 5.74) is 6.10. The van der Waals surface area contributed by atoms with Crippen LogP contribution in [0.3, 0.4) is 0 Å². The zero-order valence-corrected chi connectivity index (χ0v) is 16.3. The molecule has 0 spiro atoms. The molecular formula is C19H31ClN4O2. The molecule has 7 heteroatoms. The van der Waals surface area contributed by atoms with Gasteiger partial charge in [-0.15, -0.1) is 12.4 Å². The monoisotopic (exact) mass is 382 g/mol. The normalized spacial score (nSPS) is 25.6. The van der Waals surface area contributed by atoms with E-state index in [2.05, 4.69) is 10.1 Å². The van der Waals surface area contributed by atoms with Gasteiger partial charge in [-0.1, -0.05) is 24.4 Å². The van der Waals surface area contributed by atoms with Crippen LogP contribution in [0.15, 0.2) is 4.52 Å². The van der Waals surface area contributed by atoms with Gasteiger partial charge in [0.25, 0.3) is 0 Å². The molecule has 26 heavy (non-hydrogen) atoms. The Bertz CT molecular complexity index is 610. The molecule has 1 amide bonds. The molecule has 3 fully saturated rings. The molecule has 3 aliphatic rings. The second-order valence-corrected chi connectivity index (χ2v) is 8.39. The number of hydrogen-bond acceptors (Lipinski definition) is 5. The Labute approximate surface area is 161 Å². The van der Waals surface area contributed by atoms with Gasteiger partial charge in [-0.05, 0) is 50.5 Å². The van der Waals surface area contributed by atoms with Crippen molar-refractivity contribution in [2.45, 2.75) is 76.0 Å². The lowest BCUT2D eigenvalue weighted by Gasteiger charge is -2.39. The first kappa shape index (κ1) is 19.6. The summed E-state index contributed by atoms with van der Waals surface area (Å²) in [6, 6.07) is 0. The molecule has 2 saturated carbocycles. The van der Waals surface area contributed by atoms with E-state index in [0.717, 1.165) is 63.3 Å². The SMILES string of the molecule is Cl.NCC1(CC(=O)N2CCCC(c3noc(C4CC4)n3)C2)CCCCC1. The van der Waals surface area contributed by atoms with E-state index in [0.29, 0.717) is 18.9 Å². The number of piperidine rings is 1. The number of amides is 1. The van der Waals surface area contributed by atoms with E-state index in [1.54, 1.807) is 0 Å². The van der Waals surface area contributed by atoms with Gasteiger partial charge in [0.05, 0.1) is 0 Å². The van der Waals surface area contributed by atoms with Crippen molar-refractivity contribution in [2.24, 2.45) is 11.1 Å². The Morgan fingerprint density at radius 2 is 1.92 bits per heavy atom. The van der Waals surface area contributed by atoms with Crippen molar-refractivity contribution in [3.8, 4) is 0 Å². The largest absolute Gasteiger partial charge is 0.342 e. The number of likely N-dealkylation sites (tertiary alicyclic amines) is 1. The standard InChI is InChI=1S/C19H30N4O2.ClH/c20-13-19(8-2-1-3-9-19)11-16(24)23-10-4-5-15(12-23)17-21-18(25-22-17)14-6-7-14;/h14-15H,1-13,20H2;1H. The summed E-state index contributed by atoms with van der Waals surface area (Å²) < 4.78 is 5.41. The number of nitrogens with two attached hydrogens (primary N) is 1. The van der Waals surface area contributed by atoms with Crippen LogP contribution >= 0.6 is 12.4 Å². The minimum atomic E-state index is 0. The van der Waals surface area contributed by atoms with Crippen LogP contribution < -0.4 is 5.73 Å². The highest BCUT2D eigenvalue weighted by Gasteiger charge is 2.37. The molecule has 0 radical (unpaired) electrons. The molecule has 1 saturated heterocycles. The van der Waals surface area contributed by atoms with E-state index in [1.807, 2.05) is 4.90 Å². The second-order valence-electron chi connectivity index (χ2n) is 8.39. The molecule has 1 aromatic rings. The maximum atomic E-state index is 12.9. The zero-order chi connectivity index (χ0) is 17.3. The van der Waals surface area contributed by atoms with E-state index >= 15 is 0 Å². The molecule has 1 aliphatic heterocycles. The van der Waals surface area contributed by atoms with E-state index in [1.165, 1.54) is 19.3 Å². The van der Waals surface area contributed by atoms with Crippen molar-refractivity contribution >= 4 is 18.3 Å². The van der Waals surface area contributed by atoms with E-state index < -0.39 is 0 Å². The number of aromatic nitrogens is 2. The van der Waals surface area contributed by atoms with E-state index in [4.69, 9.17) is 10.3 Å². The van der Waals surface area contributed by atoms with Crippen molar-refractivity contribution in [1.82, 2.24) is 15.0 Å². The highest BCUT2D eigenvalue weighted by atomic mass is 35.5. The van der Waals surface area contributed by atoms with Crippen LogP contribution in [0.1, 0.15) is 87.8 Å². The predicted molar refractivity (Wildman–Crippen MR) is 101 cm³/mol. The lowest BCUT2D eigenvalue weighted by Crippen LogP contribution is -2.44. The van der Waals surface area contributed by atoms with Gasteiger partial charge in [-0.2, -0.15) is 4.98 Å². The van der Waals surface area contributed by atoms with Gasteiger partial charge in [-0.25, -0.2) is 0 Å². The maximum absolute atomic E-state index is 12.9. The number of carbonyl (C=O) groups is 1. The fourth-order valence-corrected chi connectivity index (χ4v) is 4.51. The molecule has 4 rings (SSSR count). The van der Waals surface area contributed by atoms with Crippen molar-refractivity contribution in [3.63, 3.8) is 0 Å². The summed E-state index contributed by atoms with van der Waals surface area (Å²) in [4.78, 5) is 19.6. The summed E-state index contributed by atoms with van der Waals surface area (Å²) in [5.74, 6) is 2.56. The Morgan fingerprint density at radius 3 is 2.62 bits per heavy atom. The third-order valence-electron chi connectivity index (χ3n) is 6.40. The molecule has 2 N–H and O–H groups in total. The molecule has 2 aliphatic carbocycles. The van der Waals surface area contributed by atoms with Crippen LogP contribution in [0.5, 0.6) is 0 Å². The molecule has 1 atom stereocenters. The molecule has 6 nitrogen and oxygen atoms in total. The number of halogens is 1. The van der Waals surface area contributed by atoms with Crippen LogP contribution in [0, 0.1) is 5.41 Å². The molecular weight excluding hydrogens is 352 g/mol. The van der Waals surface area contributed by atoms with Gasteiger partial charge >= 0.3 is 0 Å². The second kappa shape index (κ2) is 8.26. The number of rotatable bonds is 5. The minimum Gasteiger partial charge on any atom is -0.342 e. The average Bonchev–Trinajstić information content (AvgIpc) is 3.39. The van der Waals surface area contributed by atoms with Crippen molar-refractivity contribution in [3.05, 3.63) is 11.7 Å². The number of carbonyl (C=O) groups excluding carboxylic acids is 1. The number of hydrogen-bond donors (Lipinski definition) is 1. The first-order chi connectivity index (χ1) is 12.2. The first-order valence-corrected chi connectivity index (χ1v) is 10.0. The average molecular weight is 383 g/mol. The van der Waals surface area contributed by atoms with Gasteiger partial charge in [0.1, 0.15) is 0 Å². The van der Waals surface area contributed by atoms with Gasteiger partial charge in [0.2, 0.25) is 11.8 Å². The van der Waals surface area contributed by atoms with Gasteiger partial charge in [0, 0.05) is 31.3 Å². The lowest BCUT2D eigenvalue weighted by molar-refractivity contribution is -0.135. The first-order valence-electron chi connectivity index (χ1n) is 10.0. The lowest BCUT2D eigenvalue weighted by atomic mass is 9.71. The smallest absolute Gasteiger partial charge is 0.229 e. The Morgan fingerprint density at radius 1 is 1.15 bits per heavy atom. The molecule has 0 aromatic carbocycles. The molecule has 2 heterocycles. The van der Waals surface area contributed by atoms with E-state index in [9.17, 15) is 4.79 Å². The third-order valence-corrected chi connectivity index (χ3v) is 6.40. The molecule has 1 unspecified atom stereocenters. The minimum absolute atomic E-state index is 0. The molecule has 1 aromatic heterocycles. The van der Waals surface area contributed by atoms with Crippen LogP contribution in [0.4, 0.5) is 0 Å². The van der Waals surface area contributed by atoms with Crippen molar-refractivity contribution in [2.75, 3.05) is 19.6 Å². The van der Waals surface area contributed by atoms with Gasteiger partial charge < -0.3 is 15.2 Å². The summed E-state index contributed by atoms with van der Waals surface area (Å²) in [6.07, 6.45) is 10.9. The summed E-state index contributed by atoms with van der Waals surface area (Å²) in [5, 5.41) is 4.20. The quantitative estimate of drug-likeness (QED) is 0.843. The van der Waals surface area contributed by atoms with Gasteiger partial charge in [-0.3, -0.25) is 4.79 Å². The highest BCUT2D eigenvalue weighted by molar-refractivity contribution is 5.85. The molecule has 146 valence electrons. The van der Waals surface area contributed by atoms with Crippen molar-refractivity contribution in [1.29, 1.82) is 0 Å². The van der Waals surface area contributed by atoms with E-state index in [-0.39, 0.29) is 29.6 Å². The van der Waals surface area contributed by atoms with Gasteiger partial charge in [0.15, 0.2) is 5.82 Å². The number of nitrogens with zero attached hydrogens (tertiary/aromatic N) is 3. The third kappa shape index (κ3) is 4.22. The fraction of sp³-hybridized carbons (Fsp3) is 0.842. The highest BCUT2D eigenvalue weighted by Crippen LogP contribution is 2.41. The summed E-state index contributed by atoms with van der Waals surface area (Å²) >= 11 is 0. The Balaban J connectivity index is 0.00000196. The van der Waals surface area contributed by atoms with Crippen LogP contribution in [-0.4, -0.2) is 40.6 Å². The Kier molecular flexibility index (Phi) is 6.23. The van der Waals surface area contributed by atoms with Crippen LogP contribution in [0.2, 0.25) is 0 Å². The topological polar surface area (TPSA) is 85.3 Å². The fourth-order valence-electron chi connectivity index (χ4n) is 4.51. The van der Waals surface area contributed by atoms with Crippen LogP contribution in [0.25, 0.3) is 0 Å². The maximum Gasteiger partial charge on any atom is 0.229 e. The summed E-state index contributed by atoms with van der Waals surface area (Å²) in [7, 11) is 0. The Hall–Kier alpha value is -1.14. The molecule has 0 bridgehead atoms. The summed E-state index contributed by atoms with van der Waals surface area (Å²) in [6.45, 7) is 2.21. The van der Waals surface area contributed by atoms with Crippen molar-refractivity contribution < 1.29 is 9.32 Å². The van der Waals surface area contributed by atoms with Crippen LogP contribution in [-0.2, 0) is 4.79 Å². The predicted octanol–water partition coefficient (Wildman–Crippen LogP) is 3.37. The zero-order valence-electron chi connectivity index (χ0n) is 15.5.